The molecule has 0 saturated heterocycles. The lowest BCUT2D eigenvalue weighted by Gasteiger charge is -2.14. The maximum Gasteiger partial charge on any atom is 0.339 e. The number of pyridine rings is 2. The average Bonchev–Trinajstić information content (AvgIpc) is 4.12. The number of carbonyl (C=O) groups excluding carboxylic acids is 1. The zero-order chi connectivity index (χ0) is 46.1. The minimum Gasteiger partial charge on any atom is -0.478 e. The third kappa shape index (κ3) is 8.74. The topological polar surface area (TPSA) is 160 Å². The molecular weight excluding hydrogens is 871 g/mol. The number of carboxylic acids is 1. The van der Waals surface area contributed by atoms with Gasteiger partial charge in [-0.05, 0) is 163 Å². The highest BCUT2D eigenvalue weighted by atomic mass is 32.2. The van der Waals surface area contributed by atoms with Crippen LogP contribution in [0.3, 0.4) is 0 Å². The molecule has 1 amide bonds. The van der Waals surface area contributed by atoms with Crippen LogP contribution < -0.4 is 15.4 Å². The molecule has 4 atom stereocenters. The van der Waals surface area contributed by atoms with E-state index in [1.165, 1.54) is 16.7 Å². The molecule has 342 valence electrons. The minimum atomic E-state index is -3.77. The fraction of sp³-hybridized carbons (Fsp3) is 0.273. The molecule has 8 aromatic rings. The van der Waals surface area contributed by atoms with Crippen molar-refractivity contribution in [2.75, 3.05) is 10.6 Å². The Labute approximate surface area is 394 Å². The predicted molar refractivity (Wildman–Crippen MR) is 264 cm³/mol. The van der Waals surface area contributed by atoms with Crippen LogP contribution in [-0.2, 0) is 29.5 Å². The number of carboxylic acid groups (broad SMARTS) is 1. The lowest BCUT2D eigenvalue weighted by molar-refractivity contribution is 0.0697. The van der Waals surface area contributed by atoms with Gasteiger partial charge in [0, 0.05) is 71.1 Å². The van der Waals surface area contributed by atoms with Crippen molar-refractivity contribution in [1.82, 2.24) is 23.8 Å². The number of aromatic nitrogens is 4. The molecule has 13 heteroatoms. The smallest absolute Gasteiger partial charge is 0.339 e. The van der Waals surface area contributed by atoms with Gasteiger partial charge >= 0.3 is 5.97 Å². The Kier molecular flexibility index (Phi) is 10.4. The largest absolute Gasteiger partial charge is 0.478 e. The van der Waals surface area contributed by atoms with Crippen LogP contribution in [0, 0.1) is 17.8 Å². The van der Waals surface area contributed by atoms with Crippen LogP contribution in [0.1, 0.15) is 98.9 Å². The van der Waals surface area contributed by atoms with E-state index in [9.17, 15) is 23.1 Å². The van der Waals surface area contributed by atoms with Gasteiger partial charge in [0.05, 0.1) is 10.8 Å². The summed E-state index contributed by atoms with van der Waals surface area (Å²) in [5.74, 6) is 1.39. The molecule has 4 aliphatic rings. The molecule has 12 rings (SSSR count). The first-order valence-electron chi connectivity index (χ1n) is 23.7. The Bertz CT molecular complexity index is 3390. The lowest BCUT2D eigenvalue weighted by atomic mass is 10.0. The van der Waals surface area contributed by atoms with Gasteiger partial charge in [0.25, 0.3) is 5.91 Å². The molecule has 4 saturated carbocycles. The lowest BCUT2D eigenvalue weighted by Crippen LogP contribution is -2.33. The fourth-order valence-corrected chi connectivity index (χ4v) is 11.6. The predicted octanol–water partition coefficient (Wildman–Crippen LogP) is 10.7. The van der Waals surface area contributed by atoms with Gasteiger partial charge in [-0.25, -0.2) is 27.9 Å². The van der Waals surface area contributed by atoms with Crippen LogP contribution in [0.2, 0.25) is 0 Å². The summed E-state index contributed by atoms with van der Waals surface area (Å²) in [6, 6.07) is 39.1. The molecule has 0 aliphatic heterocycles. The standard InChI is InChI=1S/C55H51N7O5S/c63-54(60-68(66,67)44-13-14-44)48-27-41(30-57-52(48)58-42-11-15-50-37(23-42)17-19-61(50)31-33-5-2-1-3-6-33)46-28-47(46)45-25-39(45)22-34-7-4-8-35(21-34)32-62-20-18-38-24-43(12-16-51(38)62)59-53-49(55(64)65)26-40(29-56-53)36-9-10-36/h1-8,11-12,15-21,23-24,26-27,29-30,36,39,44-47H,9-10,13-14,22,25,28,31-32H2,(H,56,59)(H,57,58)(H,60,63)(H,64,65)/t39?,45-,46?,47?/m0/s1. The van der Waals surface area contributed by atoms with Crippen molar-refractivity contribution in [2.45, 2.75) is 75.1 Å². The highest BCUT2D eigenvalue weighted by molar-refractivity contribution is 7.91. The normalized spacial score (nSPS) is 19.8. The number of nitrogens with zero attached hydrogens (tertiary/aromatic N) is 4. The zero-order valence-corrected chi connectivity index (χ0v) is 38.2. The number of benzene rings is 4. The third-order valence-electron chi connectivity index (χ3n) is 14.4. The average molecular weight is 922 g/mol. The number of fused-ring (bicyclic) bond motifs is 2. The fourth-order valence-electron chi connectivity index (χ4n) is 10.3. The second kappa shape index (κ2) is 16.8. The summed E-state index contributed by atoms with van der Waals surface area (Å²) in [6.07, 6.45) is 14.3. The number of anilines is 4. The molecule has 4 aromatic heterocycles. The van der Waals surface area contributed by atoms with E-state index in [2.05, 4.69) is 103 Å². The van der Waals surface area contributed by atoms with Crippen molar-refractivity contribution in [1.29, 1.82) is 0 Å². The molecule has 4 N–H and O–H groups in total. The first-order chi connectivity index (χ1) is 33.1. The zero-order valence-electron chi connectivity index (χ0n) is 37.4. The van der Waals surface area contributed by atoms with Crippen LogP contribution in [0.4, 0.5) is 23.0 Å². The van der Waals surface area contributed by atoms with Gasteiger partial charge < -0.3 is 24.9 Å². The number of amides is 1. The number of carbonyl (C=O) groups is 2. The van der Waals surface area contributed by atoms with Crippen LogP contribution in [0.25, 0.3) is 21.8 Å². The third-order valence-corrected chi connectivity index (χ3v) is 16.3. The Hall–Kier alpha value is -7.25. The van der Waals surface area contributed by atoms with Crippen molar-refractivity contribution >= 4 is 66.7 Å². The van der Waals surface area contributed by atoms with Crippen LogP contribution in [-0.4, -0.2) is 49.8 Å². The molecule has 0 radical (unpaired) electrons. The van der Waals surface area contributed by atoms with E-state index in [0.29, 0.717) is 48.1 Å². The van der Waals surface area contributed by atoms with Crippen molar-refractivity contribution in [3.63, 3.8) is 0 Å². The number of rotatable bonds is 17. The molecular formula is C55H51N7O5S. The number of hydrogen-bond acceptors (Lipinski definition) is 8. The van der Waals surface area contributed by atoms with E-state index >= 15 is 0 Å². The molecule has 3 unspecified atom stereocenters. The Balaban J connectivity index is 0.703. The first-order valence-corrected chi connectivity index (χ1v) is 25.3. The molecule has 4 aliphatic carbocycles. The summed E-state index contributed by atoms with van der Waals surface area (Å²) in [7, 11) is -3.77. The summed E-state index contributed by atoms with van der Waals surface area (Å²) >= 11 is 0. The summed E-state index contributed by atoms with van der Waals surface area (Å²) in [4.78, 5) is 35.1. The second-order valence-electron chi connectivity index (χ2n) is 19.4. The maximum atomic E-state index is 13.8. The van der Waals surface area contributed by atoms with Gasteiger partial charge in [0.15, 0.2) is 0 Å². The molecule has 68 heavy (non-hydrogen) atoms. The summed E-state index contributed by atoms with van der Waals surface area (Å²) in [6.45, 7) is 1.48. The van der Waals surface area contributed by atoms with Gasteiger partial charge in [-0.15, -0.1) is 0 Å². The summed E-state index contributed by atoms with van der Waals surface area (Å²) < 4.78 is 32.7. The summed E-state index contributed by atoms with van der Waals surface area (Å²) in [5, 5.41) is 18.1. The number of nitrogens with one attached hydrogen (secondary N) is 3. The van der Waals surface area contributed by atoms with E-state index in [1.807, 2.05) is 54.7 Å². The van der Waals surface area contributed by atoms with E-state index in [-0.39, 0.29) is 17.0 Å². The van der Waals surface area contributed by atoms with E-state index in [4.69, 9.17) is 4.98 Å². The first kappa shape index (κ1) is 42.1. The van der Waals surface area contributed by atoms with Crippen molar-refractivity contribution in [3.05, 3.63) is 179 Å². The van der Waals surface area contributed by atoms with Crippen LogP contribution in [0.5, 0.6) is 0 Å². The van der Waals surface area contributed by atoms with Crippen molar-refractivity contribution < 1.29 is 23.1 Å². The van der Waals surface area contributed by atoms with Gasteiger partial charge in [-0.2, -0.15) is 0 Å². The number of sulfonamides is 1. The molecule has 4 aromatic carbocycles. The van der Waals surface area contributed by atoms with E-state index < -0.39 is 27.1 Å². The Morgan fingerprint density at radius 3 is 1.91 bits per heavy atom. The minimum absolute atomic E-state index is 0.189. The van der Waals surface area contributed by atoms with Gasteiger partial charge in [0.1, 0.15) is 17.2 Å². The molecule has 0 spiro atoms. The molecule has 4 fully saturated rings. The highest BCUT2D eigenvalue weighted by Gasteiger charge is 2.53. The Morgan fingerprint density at radius 1 is 0.632 bits per heavy atom. The number of aromatic carboxylic acids is 1. The van der Waals surface area contributed by atoms with Crippen LogP contribution in [0.15, 0.2) is 140 Å². The summed E-state index contributed by atoms with van der Waals surface area (Å²) in [5.41, 5.74) is 9.87. The van der Waals surface area contributed by atoms with Gasteiger partial charge in [-0.1, -0.05) is 54.6 Å². The molecule has 12 nitrogen and oxygen atoms in total. The monoisotopic (exact) mass is 921 g/mol. The SMILES string of the molecule is O=C(O)c1cc(C2CC2)cnc1Nc1ccc2c(ccn2Cc2cccc(CC3C[C@@H]3C3CC3c3cnc(Nc4ccc5c(ccn5Cc5ccccc5)c4)c(C(=O)NS(=O)(=O)C4CC4)c3)c2)c1. The van der Waals surface area contributed by atoms with Crippen molar-refractivity contribution in [2.24, 2.45) is 17.8 Å². The van der Waals surface area contributed by atoms with E-state index in [1.54, 1.807) is 12.3 Å². The van der Waals surface area contributed by atoms with Gasteiger partial charge in [-0.3, -0.25) is 4.79 Å². The highest BCUT2D eigenvalue weighted by Crippen LogP contribution is 2.62. The van der Waals surface area contributed by atoms with Crippen molar-refractivity contribution in [3.8, 4) is 0 Å². The van der Waals surface area contributed by atoms with Gasteiger partial charge in [0.2, 0.25) is 10.0 Å². The number of hydrogen-bond donors (Lipinski definition) is 4. The molecule has 0 bridgehead atoms. The van der Waals surface area contributed by atoms with Crippen LogP contribution >= 0.6 is 0 Å². The maximum absolute atomic E-state index is 13.8. The second-order valence-corrected chi connectivity index (χ2v) is 21.4. The molecule has 4 heterocycles. The quantitative estimate of drug-likeness (QED) is 0.0697. The Morgan fingerprint density at radius 2 is 1.25 bits per heavy atom. The van der Waals surface area contributed by atoms with E-state index in [0.717, 1.165) is 89.5 Å².